The van der Waals surface area contributed by atoms with Crippen molar-refractivity contribution >= 4 is 11.9 Å². The number of aryl methyl sites for hydroxylation is 1. The average Bonchev–Trinajstić information content (AvgIpc) is 3.19. The van der Waals surface area contributed by atoms with E-state index in [1.165, 1.54) is 5.69 Å². The number of carbonyl (C=O) groups is 1. The van der Waals surface area contributed by atoms with Crippen molar-refractivity contribution < 1.29 is 19.0 Å². The summed E-state index contributed by atoms with van der Waals surface area (Å²) in [5.41, 5.74) is 0.698. The molecule has 1 atom stereocenters. The highest BCUT2D eigenvalue weighted by atomic mass is 16.6. The van der Waals surface area contributed by atoms with Crippen molar-refractivity contribution in [1.82, 2.24) is 19.6 Å². The first-order valence-corrected chi connectivity index (χ1v) is 13.8. The molecule has 3 aliphatic rings. The third-order valence-electron chi connectivity index (χ3n) is 7.65. The molecule has 9 heteroatoms. The molecule has 1 amide bonds. The van der Waals surface area contributed by atoms with Gasteiger partial charge in [-0.1, -0.05) is 0 Å². The van der Waals surface area contributed by atoms with E-state index in [0.717, 1.165) is 77.5 Å². The molecule has 0 aliphatic carbocycles. The number of amides is 1. The van der Waals surface area contributed by atoms with Crippen LogP contribution in [0.3, 0.4) is 0 Å². The fourth-order valence-electron chi connectivity index (χ4n) is 5.68. The van der Waals surface area contributed by atoms with Crippen molar-refractivity contribution in [2.75, 3.05) is 64.0 Å². The molecule has 4 heterocycles. The average molecular weight is 506 g/mol. The third-order valence-corrected chi connectivity index (χ3v) is 7.65. The van der Waals surface area contributed by atoms with Gasteiger partial charge >= 0.3 is 6.09 Å². The Balaban J connectivity index is 1.29. The summed E-state index contributed by atoms with van der Waals surface area (Å²) in [6.07, 6.45) is 3.88. The summed E-state index contributed by atoms with van der Waals surface area (Å²) in [5, 5.41) is 5.08. The molecule has 36 heavy (non-hydrogen) atoms. The van der Waals surface area contributed by atoms with E-state index in [0.29, 0.717) is 19.1 Å². The number of morpholine rings is 1. The predicted octanol–water partition coefficient (Wildman–Crippen LogP) is 3.86. The molecule has 0 aromatic carbocycles. The molecule has 3 aliphatic heterocycles. The molecule has 9 nitrogen and oxygen atoms in total. The highest BCUT2D eigenvalue weighted by Gasteiger charge is 2.37. The van der Waals surface area contributed by atoms with Gasteiger partial charge in [0.15, 0.2) is 5.82 Å². The molecule has 0 radical (unpaired) electrons. The Labute approximate surface area is 217 Å². The zero-order valence-corrected chi connectivity index (χ0v) is 23.3. The van der Waals surface area contributed by atoms with Crippen molar-refractivity contribution in [1.29, 1.82) is 0 Å². The number of anilines is 1. The van der Waals surface area contributed by atoms with Crippen LogP contribution in [0.25, 0.3) is 0 Å². The van der Waals surface area contributed by atoms with Crippen LogP contribution in [0, 0.1) is 6.92 Å². The first-order valence-electron chi connectivity index (χ1n) is 13.8. The van der Waals surface area contributed by atoms with Crippen LogP contribution in [0.15, 0.2) is 6.07 Å². The van der Waals surface area contributed by atoms with Crippen molar-refractivity contribution in [3.05, 3.63) is 11.8 Å². The highest BCUT2D eigenvalue weighted by Crippen LogP contribution is 2.35. The van der Waals surface area contributed by atoms with E-state index in [-0.39, 0.29) is 17.7 Å². The maximum atomic E-state index is 12.4. The quantitative estimate of drug-likeness (QED) is 0.581. The van der Waals surface area contributed by atoms with Gasteiger partial charge in [0.2, 0.25) is 0 Å². The maximum Gasteiger partial charge on any atom is 0.410 e. The number of likely N-dealkylation sites (tertiary alicyclic amines) is 1. The maximum absolute atomic E-state index is 12.4. The molecule has 0 N–H and O–H groups in total. The molecular formula is C27H47N5O4. The van der Waals surface area contributed by atoms with Gasteiger partial charge in [-0.15, -0.1) is 0 Å². The van der Waals surface area contributed by atoms with Crippen LogP contribution >= 0.6 is 0 Å². The van der Waals surface area contributed by atoms with E-state index in [1.807, 2.05) is 25.7 Å². The fourth-order valence-corrected chi connectivity index (χ4v) is 5.68. The Hall–Kier alpha value is -1.84. The highest BCUT2D eigenvalue weighted by molar-refractivity contribution is 5.68. The molecule has 1 aromatic rings. The first-order chi connectivity index (χ1) is 17.0. The second-order valence-electron chi connectivity index (χ2n) is 12.2. The SMILES string of the molecule is Cc1cc(N2CC[C@@H](OCCN3CCOCC3)CC2(C)C)nn1C1CCN(C(=O)OC(C)(C)C)CC1. The van der Waals surface area contributed by atoms with E-state index in [4.69, 9.17) is 19.3 Å². The van der Waals surface area contributed by atoms with E-state index in [2.05, 4.69) is 41.3 Å². The van der Waals surface area contributed by atoms with Gasteiger partial charge in [-0.25, -0.2) is 4.79 Å². The Kier molecular flexibility index (Phi) is 8.52. The number of piperidine rings is 2. The monoisotopic (exact) mass is 505 g/mol. The normalized spacial score (nSPS) is 24.2. The molecular weight excluding hydrogens is 458 g/mol. The van der Waals surface area contributed by atoms with E-state index in [9.17, 15) is 4.79 Å². The summed E-state index contributed by atoms with van der Waals surface area (Å²) >= 11 is 0. The van der Waals surface area contributed by atoms with Crippen LogP contribution in [0.4, 0.5) is 10.6 Å². The first kappa shape index (κ1) is 27.2. The second kappa shape index (κ2) is 11.3. The standard InChI is InChI=1S/C27H47N5O4/c1-21-19-24(28-32(21)22-7-10-30(11-8-22)25(33)36-26(2,3)4)31-12-9-23(20-27(31,5)6)35-18-15-29-13-16-34-17-14-29/h19,22-23H,7-18,20H2,1-6H3/t23-/m1/s1. The van der Waals surface area contributed by atoms with E-state index < -0.39 is 5.60 Å². The summed E-state index contributed by atoms with van der Waals surface area (Å²) in [7, 11) is 0. The van der Waals surface area contributed by atoms with Gasteiger partial charge in [-0.3, -0.25) is 9.58 Å². The van der Waals surface area contributed by atoms with Crippen LogP contribution in [0.5, 0.6) is 0 Å². The van der Waals surface area contributed by atoms with Crippen molar-refractivity contribution in [2.45, 2.75) is 90.5 Å². The lowest BCUT2D eigenvalue weighted by Crippen LogP contribution is -2.52. The van der Waals surface area contributed by atoms with Gasteiger partial charge < -0.3 is 24.0 Å². The van der Waals surface area contributed by atoms with Crippen LogP contribution in [-0.2, 0) is 14.2 Å². The van der Waals surface area contributed by atoms with Gasteiger partial charge in [-0.2, -0.15) is 5.10 Å². The lowest BCUT2D eigenvalue weighted by atomic mass is 9.88. The van der Waals surface area contributed by atoms with Crippen molar-refractivity contribution in [2.24, 2.45) is 0 Å². The molecule has 0 bridgehead atoms. The van der Waals surface area contributed by atoms with E-state index in [1.54, 1.807) is 0 Å². The Morgan fingerprint density at radius 3 is 2.44 bits per heavy atom. The van der Waals surface area contributed by atoms with Gasteiger partial charge in [-0.05, 0) is 67.2 Å². The third kappa shape index (κ3) is 6.92. The zero-order valence-electron chi connectivity index (χ0n) is 23.3. The molecule has 3 saturated heterocycles. The Morgan fingerprint density at radius 1 is 1.11 bits per heavy atom. The number of rotatable bonds is 6. The minimum Gasteiger partial charge on any atom is -0.444 e. The summed E-state index contributed by atoms with van der Waals surface area (Å²) in [4.78, 5) is 19.1. The van der Waals surface area contributed by atoms with Crippen molar-refractivity contribution in [3.63, 3.8) is 0 Å². The van der Waals surface area contributed by atoms with Crippen LogP contribution in [0.2, 0.25) is 0 Å². The lowest BCUT2D eigenvalue weighted by Gasteiger charge is -2.46. The number of nitrogens with zero attached hydrogens (tertiary/aromatic N) is 5. The van der Waals surface area contributed by atoms with Gasteiger partial charge in [0, 0.05) is 56.6 Å². The van der Waals surface area contributed by atoms with Crippen LogP contribution < -0.4 is 4.90 Å². The molecule has 4 rings (SSSR count). The lowest BCUT2D eigenvalue weighted by molar-refractivity contribution is -0.0137. The largest absolute Gasteiger partial charge is 0.444 e. The number of aromatic nitrogens is 2. The Bertz CT molecular complexity index is 866. The summed E-state index contributed by atoms with van der Waals surface area (Å²) < 4.78 is 19.5. The minimum absolute atomic E-state index is 0.0203. The number of hydrogen-bond acceptors (Lipinski definition) is 7. The van der Waals surface area contributed by atoms with Gasteiger partial charge in [0.25, 0.3) is 0 Å². The van der Waals surface area contributed by atoms with Crippen LogP contribution in [-0.4, -0.2) is 102 Å². The number of carbonyl (C=O) groups excluding carboxylic acids is 1. The summed E-state index contributed by atoms with van der Waals surface area (Å²) in [5.74, 6) is 1.05. The van der Waals surface area contributed by atoms with E-state index >= 15 is 0 Å². The predicted molar refractivity (Wildman–Crippen MR) is 141 cm³/mol. The molecule has 0 spiro atoms. The molecule has 0 saturated carbocycles. The Morgan fingerprint density at radius 2 is 1.81 bits per heavy atom. The number of ether oxygens (including phenoxy) is 3. The molecule has 204 valence electrons. The summed E-state index contributed by atoms with van der Waals surface area (Å²) in [6, 6.07) is 2.53. The number of hydrogen-bond donors (Lipinski definition) is 0. The van der Waals surface area contributed by atoms with Crippen LogP contribution in [0.1, 0.15) is 72.0 Å². The smallest absolute Gasteiger partial charge is 0.410 e. The fraction of sp³-hybridized carbons (Fsp3) is 0.852. The summed E-state index contributed by atoms with van der Waals surface area (Å²) in [6.45, 7) is 20.3. The van der Waals surface area contributed by atoms with Crippen molar-refractivity contribution in [3.8, 4) is 0 Å². The second-order valence-corrected chi connectivity index (χ2v) is 12.2. The molecule has 3 fully saturated rings. The molecule has 1 aromatic heterocycles. The van der Waals surface area contributed by atoms with Gasteiger partial charge in [0.05, 0.1) is 32.0 Å². The topological polar surface area (TPSA) is 72.3 Å². The zero-order chi connectivity index (χ0) is 25.9. The molecule has 0 unspecified atom stereocenters. The minimum atomic E-state index is -0.463. The van der Waals surface area contributed by atoms with Gasteiger partial charge in [0.1, 0.15) is 5.60 Å².